The fourth-order valence-corrected chi connectivity index (χ4v) is 2.86. The Bertz CT molecular complexity index is 476. The van der Waals surface area contributed by atoms with Gasteiger partial charge in [-0.15, -0.1) is 0 Å². The van der Waals surface area contributed by atoms with E-state index in [0.717, 1.165) is 31.4 Å². The Labute approximate surface area is 125 Å². The minimum atomic E-state index is -0.787. The van der Waals surface area contributed by atoms with Crippen LogP contribution in [0.3, 0.4) is 0 Å². The Morgan fingerprint density at radius 1 is 1.24 bits per heavy atom. The number of nitrogens with zero attached hydrogens (tertiary/aromatic N) is 2. The quantitative estimate of drug-likeness (QED) is 0.872. The Hall–Kier alpha value is -1.91. The number of pyridine rings is 1. The van der Waals surface area contributed by atoms with Crippen molar-refractivity contribution in [3.05, 3.63) is 30.1 Å². The second-order valence-corrected chi connectivity index (χ2v) is 5.52. The SMILES string of the molecule is O=C(O)CCC1CCCCN1C(=O)CCc1ccncc1. The largest absolute Gasteiger partial charge is 0.481 e. The van der Waals surface area contributed by atoms with Crippen molar-refractivity contribution in [1.82, 2.24) is 9.88 Å². The van der Waals surface area contributed by atoms with Gasteiger partial charge in [0.1, 0.15) is 0 Å². The highest BCUT2D eigenvalue weighted by Gasteiger charge is 2.26. The summed E-state index contributed by atoms with van der Waals surface area (Å²) in [6.45, 7) is 0.763. The van der Waals surface area contributed by atoms with E-state index in [4.69, 9.17) is 5.11 Å². The van der Waals surface area contributed by atoms with Gasteiger partial charge in [0.25, 0.3) is 0 Å². The lowest BCUT2D eigenvalue weighted by atomic mass is 9.97. The summed E-state index contributed by atoms with van der Waals surface area (Å²) in [5.41, 5.74) is 1.11. The zero-order valence-electron chi connectivity index (χ0n) is 12.2. The average Bonchev–Trinajstić information content (AvgIpc) is 2.52. The molecule has 1 amide bonds. The van der Waals surface area contributed by atoms with Gasteiger partial charge in [-0.3, -0.25) is 14.6 Å². The minimum Gasteiger partial charge on any atom is -0.481 e. The minimum absolute atomic E-state index is 0.0970. The van der Waals surface area contributed by atoms with E-state index in [2.05, 4.69) is 4.98 Å². The third-order valence-corrected chi connectivity index (χ3v) is 4.02. The van der Waals surface area contributed by atoms with Gasteiger partial charge in [-0.2, -0.15) is 0 Å². The molecule has 2 heterocycles. The third kappa shape index (κ3) is 4.85. The Morgan fingerprint density at radius 3 is 2.71 bits per heavy atom. The summed E-state index contributed by atoms with van der Waals surface area (Å²) in [5.74, 6) is -0.647. The molecule has 1 saturated heterocycles. The zero-order chi connectivity index (χ0) is 15.1. The summed E-state index contributed by atoms with van der Waals surface area (Å²) in [6.07, 6.45) is 8.39. The molecule has 114 valence electrons. The van der Waals surface area contributed by atoms with Gasteiger partial charge in [-0.1, -0.05) is 0 Å². The molecule has 1 N–H and O–H groups in total. The molecule has 1 fully saturated rings. The first-order chi connectivity index (χ1) is 10.2. The summed E-state index contributed by atoms with van der Waals surface area (Å²) < 4.78 is 0. The van der Waals surface area contributed by atoms with Crippen LogP contribution in [-0.2, 0) is 16.0 Å². The molecule has 1 aliphatic rings. The van der Waals surface area contributed by atoms with Crippen LogP contribution >= 0.6 is 0 Å². The van der Waals surface area contributed by atoms with Crippen LogP contribution in [0.2, 0.25) is 0 Å². The molecule has 0 radical (unpaired) electrons. The number of carboxylic acids is 1. The first kappa shape index (κ1) is 15.5. The van der Waals surface area contributed by atoms with Gasteiger partial charge in [0.05, 0.1) is 0 Å². The molecule has 1 unspecified atom stereocenters. The van der Waals surface area contributed by atoms with Crippen molar-refractivity contribution >= 4 is 11.9 Å². The maximum Gasteiger partial charge on any atom is 0.303 e. The first-order valence-corrected chi connectivity index (χ1v) is 7.57. The molecule has 0 bridgehead atoms. The highest BCUT2D eigenvalue weighted by molar-refractivity contribution is 5.77. The molecule has 1 aliphatic heterocycles. The van der Waals surface area contributed by atoms with Crippen LogP contribution < -0.4 is 0 Å². The van der Waals surface area contributed by atoms with Crippen molar-refractivity contribution < 1.29 is 14.7 Å². The summed E-state index contributed by atoms with van der Waals surface area (Å²) in [5, 5.41) is 8.81. The van der Waals surface area contributed by atoms with Crippen LogP contribution in [0.4, 0.5) is 0 Å². The van der Waals surface area contributed by atoms with Crippen LogP contribution in [0.5, 0.6) is 0 Å². The number of aromatic nitrogens is 1. The summed E-state index contributed by atoms with van der Waals surface area (Å²) in [7, 11) is 0. The smallest absolute Gasteiger partial charge is 0.303 e. The van der Waals surface area contributed by atoms with Crippen LogP contribution in [0.15, 0.2) is 24.5 Å². The summed E-state index contributed by atoms with van der Waals surface area (Å²) in [4.78, 5) is 29.0. The van der Waals surface area contributed by atoms with E-state index in [-0.39, 0.29) is 18.4 Å². The van der Waals surface area contributed by atoms with Gasteiger partial charge in [0, 0.05) is 37.8 Å². The molecular formula is C16H22N2O3. The molecule has 5 nitrogen and oxygen atoms in total. The fraction of sp³-hybridized carbons (Fsp3) is 0.562. The normalized spacial score (nSPS) is 18.5. The number of carboxylic acid groups (broad SMARTS) is 1. The van der Waals surface area contributed by atoms with Crippen molar-refractivity contribution in [2.45, 2.75) is 51.0 Å². The maximum absolute atomic E-state index is 12.4. The Morgan fingerprint density at radius 2 is 2.00 bits per heavy atom. The molecule has 21 heavy (non-hydrogen) atoms. The number of likely N-dealkylation sites (tertiary alicyclic amines) is 1. The van der Waals surface area contributed by atoms with E-state index in [1.54, 1.807) is 12.4 Å². The molecule has 0 aromatic carbocycles. The summed E-state index contributed by atoms with van der Waals surface area (Å²) in [6, 6.07) is 3.94. The van der Waals surface area contributed by atoms with E-state index in [9.17, 15) is 9.59 Å². The number of carbonyl (C=O) groups is 2. The molecule has 2 rings (SSSR count). The third-order valence-electron chi connectivity index (χ3n) is 4.02. The van der Waals surface area contributed by atoms with E-state index >= 15 is 0 Å². The van der Waals surface area contributed by atoms with Gasteiger partial charge in [0.15, 0.2) is 0 Å². The number of hydrogen-bond acceptors (Lipinski definition) is 3. The second kappa shape index (κ2) is 7.76. The molecule has 1 aromatic rings. The molecular weight excluding hydrogens is 268 g/mol. The van der Waals surface area contributed by atoms with Crippen molar-refractivity contribution in [3.63, 3.8) is 0 Å². The van der Waals surface area contributed by atoms with Crippen molar-refractivity contribution in [2.75, 3.05) is 6.54 Å². The standard InChI is InChI=1S/C16H22N2O3/c19-15(6-4-13-8-10-17-11-9-13)18-12-2-1-3-14(18)5-7-16(20)21/h8-11,14H,1-7,12H2,(H,20,21). The number of piperidine rings is 1. The highest BCUT2D eigenvalue weighted by Crippen LogP contribution is 2.22. The van der Waals surface area contributed by atoms with Crippen LogP contribution in [0, 0.1) is 0 Å². The predicted octanol–water partition coefficient (Wildman–Crippen LogP) is 2.26. The van der Waals surface area contributed by atoms with Crippen LogP contribution in [-0.4, -0.2) is 39.5 Å². The van der Waals surface area contributed by atoms with Crippen LogP contribution in [0.25, 0.3) is 0 Å². The molecule has 0 spiro atoms. The average molecular weight is 290 g/mol. The number of rotatable bonds is 6. The summed E-state index contributed by atoms with van der Waals surface area (Å²) >= 11 is 0. The van der Waals surface area contributed by atoms with Gasteiger partial charge in [0.2, 0.25) is 5.91 Å². The van der Waals surface area contributed by atoms with Crippen molar-refractivity contribution in [3.8, 4) is 0 Å². The molecule has 1 atom stereocenters. The van der Waals surface area contributed by atoms with E-state index in [1.165, 1.54) is 0 Å². The highest BCUT2D eigenvalue weighted by atomic mass is 16.4. The number of aryl methyl sites for hydroxylation is 1. The number of amides is 1. The van der Waals surface area contributed by atoms with E-state index in [0.29, 0.717) is 19.3 Å². The lowest BCUT2D eigenvalue weighted by Gasteiger charge is -2.35. The number of carbonyl (C=O) groups excluding carboxylic acids is 1. The van der Waals surface area contributed by atoms with Gasteiger partial charge in [-0.25, -0.2) is 0 Å². The first-order valence-electron chi connectivity index (χ1n) is 7.57. The number of aliphatic carboxylic acids is 1. The lowest BCUT2D eigenvalue weighted by molar-refractivity contribution is -0.140. The molecule has 0 saturated carbocycles. The molecule has 1 aromatic heterocycles. The fourth-order valence-electron chi connectivity index (χ4n) is 2.86. The maximum atomic E-state index is 12.4. The topological polar surface area (TPSA) is 70.5 Å². The monoisotopic (exact) mass is 290 g/mol. The van der Waals surface area contributed by atoms with E-state index in [1.807, 2.05) is 17.0 Å². The number of hydrogen-bond donors (Lipinski definition) is 1. The van der Waals surface area contributed by atoms with Crippen molar-refractivity contribution in [1.29, 1.82) is 0 Å². The van der Waals surface area contributed by atoms with Gasteiger partial charge in [-0.05, 0) is 49.8 Å². The Kier molecular flexibility index (Phi) is 5.72. The van der Waals surface area contributed by atoms with Crippen molar-refractivity contribution in [2.24, 2.45) is 0 Å². The zero-order valence-corrected chi connectivity index (χ0v) is 12.2. The van der Waals surface area contributed by atoms with E-state index < -0.39 is 5.97 Å². The lowest BCUT2D eigenvalue weighted by Crippen LogP contribution is -2.44. The molecule has 0 aliphatic carbocycles. The molecule has 5 heteroatoms. The second-order valence-electron chi connectivity index (χ2n) is 5.52. The Balaban J connectivity index is 1.87. The van der Waals surface area contributed by atoms with Gasteiger partial charge < -0.3 is 10.0 Å². The predicted molar refractivity (Wildman–Crippen MR) is 78.8 cm³/mol. The van der Waals surface area contributed by atoms with Crippen LogP contribution in [0.1, 0.15) is 44.1 Å². The van der Waals surface area contributed by atoms with Gasteiger partial charge >= 0.3 is 5.97 Å².